The second-order valence-corrected chi connectivity index (χ2v) is 9.45. The number of amides is 1. The van der Waals surface area contributed by atoms with Crippen LogP contribution in [-0.4, -0.2) is 44.8 Å². The smallest absolute Gasteiger partial charge is 0.416 e. The number of halogens is 2. The number of imidazole rings is 1. The van der Waals surface area contributed by atoms with E-state index in [-0.39, 0.29) is 30.2 Å². The first-order valence-electron chi connectivity index (χ1n) is 10.8. The normalized spacial score (nSPS) is 13.5. The highest BCUT2D eigenvalue weighted by Crippen LogP contribution is 2.43. The Balaban J connectivity index is 1.74. The molecule has 9 nitrogen and oxygen atoms in total. The zero-order valence-electron chi connectivity index (χ0n) is 19.1. The van der Waals surface area contributed by atoms with Crippen molar-refractivity contribution in [3.63, 3.8) is 0 Å². The van der Waals surface area contributed by atoms with E-state index in [1.807, 2.05) is 0 Å². The summed E-state index contributed by atoms with van der Waals surface area (Å²) >= 11 is 6.14. The fraction of sp³-hybridized carbons (Fsp3) is 0.250. The number of fused-ring (bicyclic) bond motifs is 2. The van der Waals surface area contributed by atoms with Gasteiger partial charge in [0.05, 0.1) is 17.8 Å². The first-order valence-corrected chi connectivity index (χ1v) is 11.2. The van der Waals surface area contributed by atoms with Gasteiger partial charge < -0.3 is 14.5 Å². The van der Waals surface area contributed by atoms with Crippen molar-refractivity contribution in [2.75, 3.05) is 18.1 Å². The Morgan fingerprint density at radius 1 is 1.20 bits per heavy atom. The summed E-state index contributed by atoms with van der Waals surface area (Å²) in [7, 11) is 0. The number of aromatic nitrogens is 4. The number of carbonyl (C=O) groups is 1. The van der Waals surface area contributed by atoms with Crippen LogP contribution >= 0.6 is 11.6 Å². The van der Waals surface area contributed by atoms with E-state index in [0.29, 0.717) is 33.1 Å². The van der Waals surface area contributed by atoms with E-state index in [2.05, 4.69) is 19.9 Å². The molecule has 0 unspecified atom stereocenters. The quantitative estimate of drug-likeness (QED) is 0.407. The maximum absolute atomic E-state index is 14.8. The van der Waals surface area contributed by atoms with Crippen LogP contribution in [-0.2, 0) is 4.74 Å². The van der Waals surface area contributed by atoms with E-state index >= 15 is 0 Å². The van der Waals surface area contributed by atoms with Crippen LogP contribution in [0.4, 0.5) is 15.0 Å². The Bertz CT molecular complexity index is 1520. The minimum absolute atomic E-state index is 0.153. The van der Waals surface area contributed by atoms with E-state index in [0.717, 1.165) is 0 Å². The molecule has 11 heteroatoms. The van der Waals surface area contributed by atoms with Gasteiger partial charge in [0.2, 0.25) is 0 Å². The number of rotatable bonds is 2. The SMILES string of the molecule is CC(C)(C)OC(=O)N1CCOc2c(-c3cnc4[nH]c(=O)[nH]c4c3)cc(-c3cc(Cl)ccc3F)nc21. The summed E-state index contributed by atoms with van der Waals surface area (Å²) in [6, 6.07) is 7.50. The summed E-state index contributed by atoms with van der Waals surface area (Å²) in [6.45, 7) is 5.69. The summed E-state index contributed by atoms with van der Waals surface area (Å²) in [4.78, 5) is 40.3. The molecule has 0 spiro atoms. The third-order valence-corrected chi connectivity index (χ3v) is 5.50. The van der Waals surface area contributed by atoms with Gasteiger partial charge in [-0.05, 0) is 51.1 Å². The molecule has 1 amide bonds. The Morgan fingerprint density at radius 3 is 2.77 bits per heavy atom. The van der Waals surface area contributed by atoms with Gasteiger partial charge >= 0.3 is 11.8 Å². The van der Waals surface area contributed by atoms with Crippen LogP contribution in [0.15, 0.2) is 41.3 Å². The number of ether oxygens (including phenoxy) is 2. The molecule has 0 saturated carbocycles. The Hall–Kier alpha value is -3.92. The molecule has 180 valence electrons. The van der Waals surface area contributed by atoms with Crippen LogP contribution in [0.25, 0.3) is 33.5 Å². The topological polar surface area (TPSA) is 113 Å². The van der Waals surface area contributed by atoms with Crippen molar-refractivity contribution in [3.8, 4) is 28.1 Å². The zero-order valence-corrected chi connectivity index (χ0v) is 19.9. The predicted molar refractivity (Wildman–Crippen MR) is 129 cm³/mol. The summed E-state index contributed by atoms with van der Waals surface area (Å²) < 4.78 is 26.3. The predicted octanol–water partition coefficient (Wildman–Crippen LogP) is 4.91. The highest BCUT2D eigenvalue weighted by Gasteiger charge is 2.32. The molecule has 1 aliphatic heterocycles. The van der Waals surface area contributed by atoms with Crippen LogP contribution in [0, 0.1) is 5.82 Å². The number of nitrogens with one attached hydrogen (secondary N) is 2. The first-order chi connectivity index (χ1) is 16.6. The van der Waals surface area contributed by atoms with Crippen LogP contribution in [0.1, 0.15) is 20.8 Å². The largest absolute Gasteiger partial charge is 0.487 e. The molecule has 0 aliphatic carbocycles. The van der Waals surface area contributed by atoms with E-state index in [9.17, 15) is 14.0 Å². The lowest BCUT2D eigenvalue weighted by Crippen LogP contribution is -2.42. The van der Waals surface area contributed by atoms with E-state index < -0.39 is 23.2 Å². The van der Waals surface area contributed by atoms with Crippen molar-refractivity contribution in [2.45, 2.75) is 26.4 Å². The lowest BCUT2D eigenvalue weighted by Gasteiger charge is -2.32. The Morgan fingerprint density at radius 2 is 2.00 bits per heavy atom. The zero-order chi connectivity index (χ0) is 24.9. The van der Waals surface area contributed by atoms with Crippen molar-refractivity contribution in [2.24, 2.45) is 0 Å². The molecule has 3 aromatic heterocycles. The molecule has 0 atom stereocenters. The second-order valence-electron chi connectivity index (χ2n) is 9.01. The fourth-order valence-electron chi connectivity index (χ4n) is 3.80. The number of aromatic amines is 2. The average Bonchev–Trinajstić information content (AvgIpc) is 3.17. The average molecular weight is 498 g/mol. The third-order valence-electron chi connectivity index (χ3n) is 5.27. The van der Waals surface area contributed by atoms with Crippen molar-refractivity contribution in [1.82, 2.24) is 19.9 Å². The third kappa shape index (κ3) is 4.44. The lowest BCUT2D eigenvalue weighted by molar-refractivity contribution is 0.0566. The van der Waals surface area contributed by atoms with Gasteiger partial charge in [0.15, 0.2) is 17.2 Å². The highest BCUT2D eigenvalue weighted by molar-refractivity contribution is 6.30. The minimum Gasteiger partial charge on any atom is -0.487 e. The summed E-state index contributed by atoms with van der Waals surface area (Å²) in [5.74, 6) is -0.0377. The molecule has 0 fully saturated rings. The minimum atomic E-state index is -0.732. The number of pyridine rings is 2. The molecule has 1 aromatic carbocycles. The molecule has 5 rings (SSSR count). The van der Waals surface area contributed by atoms with Crippen LogP contribution < -0.4 is 15.3 Å². The number of carbonyl (C=O) groups excluding carboxylic acids is 1. The molecule has 0 radical (unpaired) electrons. The number of hydrogen-bond acceptors (Lipinski definition) is 6. The van der Waals surface area contributed by atoms with Gasteiger partial charge in [0, 0.05) is 27.9 Å². The summed E-state index contributed by atoms with van der Waals surface area (Å²) in [6.07, 6.45) is 0.947. The lowest BCUT2D eigenvalue weighted by atomic mass is 10.0. The van der Waals surface area contributed by atoms with E-state index in [1.165, 1.54) is 23.1 Å². The van der Waals surface area contributed by atoms with Gasteiger partial charge in [0.1, 0.15) is 18.0 Å². The van der Waals surface area contributed by atoms with Crippen LogP contribution in [0.2, 0.25) is 5.02 Å². The van der Waals surface area contributed by atoms with Crippen LogP contribution in [0.5, 0.6) is 5.75 Å². The molecule has 35 heavy (non-hydrogen) atoms. The maximum Gasteiger partial charge on any atom is 0.416 e. The van der Waals surface area contributed by atoms with Gasteiger partial charge in [-0.15, -0.1) is 0 Å². The van der Waals surface area contributed by atoms with Crippen molar-refractivity contribution >= 4 is 34.7 Å². The van der Waals surface area contributed by atoms with Gasteiger partial charge in [-0.25, -0.2) is 23.9 Å². The molecule has 0 saturated heterocycles. The molecule has 2 N–H and O–H groups in total. The Labute approximate surface area is 203 Å². The van der Waals surface area contributed by atoms with Gasteiger partial charge in [-0.1, -0.05) is 11.6 Å². The van der Waals surface area contributed by atoms with E-state index in [4.69, 9.17) is 21.1 Å². The van der Waals surface area contributed by atoms with Crippen molar-refractivity contribution < 1.29 is 18.7 Å². The number of nitrogens with zero attached hydrogens (tertiary/aromatic N) is 3. The second kappa shape index (κ2) is 8.38. The van der Waals surface area contributed by atoms with Gasteiger partial charge in [-0.2, -0.15) is 0 Å². The molecule has 1 aliphatic rings. The van der Waals surface area contributed by atoms with Crippen molar-refractivity contribution in [1.29, 1.82) is 0 Å². The number of anilines is 1. The molecular weight excluding hydrogens is 477 g/mol. The maximum atomic E-state index is 14.8. The molecule has 4 heterocycles. The first kappa shape index (κ1) is 22.9. The number of H-pyrrole nitrogens is 2. The monoisotopic (exact) mass is 497 g/mol. The molecule has 4 aromatic rings. The molecule has 0 bridgehead atoms. The van der Waals surface area contributed by atoms with Gasteiger partial charge in [0.25, 0.3) is 0 Å². The Kier molecular flexibility index (Phi) is 5.47. The van der Waals surface area contributed by atoms with Gasteiger partial charge in [-0.3, -0.25) is 9.88 Å². The summed E-state index contributed by atoms with van der Waals surface area (Å²) in [5, 5.41) is 0.329. The van der Waals surface area contributed by atoms with Crippen molar-refractivity contribution in [3.05, 3.63) is 57.9 Å². The number of hydrogen-bond donors (Lipinski definition) is 2. The summed E-state index contributed by atoms with van der Waals surface area (Å²) in [5.41, 5.74) is 1.21. The fourth-order valence-corrected chi connectivity index (χ4v) is 3.97. The molecular formula is C24H21ClFN5O4. The highest BCUT2D eigenvalue weighted by atomic mass is 35.5. The number of benzene rings is 1. The standard InChI is InChI=1S/C24H21ClFN5O4/c1-24(2,3)35-23(33)31-6-7-34-19-14(12-8-18-20(27-11-12)30-22(32)29-18)10-17(28-21(19)31)15-9-13(25)4-5-16(15)26/h4-5,8-11H,6-7H2,1-3H3,(H2,27,29,30,32). The van der Waals surface area contributed by atoms with E-state index in [1.54, 1.807) is 39.1 Å². The van der Waals surface area contributed by atoms with Crippen LogP contribution in [0.3, 0.4) is 0 Å².